The summed E-state index contributed by atoms with van der Waals surface area (Å²) in [7, 11) is 0. The third kappa shape index (κ3) is 3.61. The molecule has 3 N–H and O–H groups in total. The highest BCUT2D eigenvalue weighted by Crippen LogP contribution is 2.16. The molecule has 2 aromatic carbocycles. The Hall–Kier alpha value is -2.28. The first-order chi connectivity index (χ1) is 9.70. The van der Waals surface area contributed by atoms with E-state index in [9.17, 15) is 4.79 Å². The average Bonchev–Trinajstić information content (AvgIpc) is 2.46. The predicted octanol–water partition coefficient (Wildman–Crippen LogP) is 2.90. The van der Waals surface area contributed by atoms with Gasteiger partial charge in [0.25, 0.3) is 5.91 Å². The molecule has 0 saturated carbocycles. The maximum absolute atomic E-state index is 12.1. The number of hydrogen-bond donors (Lipinski definition) is 2. The average molecular weight is 285 g/mol. The molecule has 100 valence electrons. The van der Waals surface area contributed by atoms with Crippen molar-refractivity contribution in [3.8, 4) is 11.8 Å². The number of anilines is 1. The Morgan fingerprint density at radius 2 is 2.00 bits per heavy atom. The van der Waals surface area contributed by atoms with Gasteiger partial charge in [0, 0.05) is 16.1 Å². The molecule has 0 fully saturated rings. The third-order valence-electron chi connectivity index (χ3n) is 2.59. The van der Waals surface area contributed by atoms with Gasteiger partial charge < -0.3 is 11.1 Å². The molecule has 0 radical (unpaired) electrons. The Labute approximate surface area is 122 Å². The molecule has 0 aliphatic rings. The summed E-state index contributed by atoms with van der Waals surface area (Å²) in [5, 5.41) is 3.34. The summed E-state index contributed by atoms with van der Waals surface area (Å²) >= 11 is 5.88. The van der Waals surface area contributed by atoms with Crippen molar-refractivity contribution >= 4 is 23.2 Å². The zero-order chi connectivity index (χ0) is 14.4. The molecule has 0 aliphatic heterocycles. The summed E-state index contributed by atoms with van der Waals surface area (Å²) in [5.41, 5.74) is 7.24. The summed E-state index contributed by atoms with van der Waals surface area (Å²) in [4.78, 5) is 12.1. The summed E-state index contributed by atoms with van der Waals surface area (Å²) in [5.74, 6) is 5.47. The smallest absolute Gasteiger partial charge is 0.255 e. The highest BCUT2D eigenvalue weighted by Gasteiger charge is 2.08. The van der Waals surface area contributed by atoms with E-state index >= 15 is 0 Å². The topological polar surface area (TPSA) is 55.1 Å². The van der Waals surface area contributed by atoms with Crippen molar-refractivity contribution in [1.82, 2.24) is 0 Å². The Morgan fingerprint density at radius 1 is 1.20 bits per heavy atom. The molecule has 0 aliphatic carbocycles. The zero-order valence-electron chi connectivity index (χ0n) is 10.7. The van der Waals surface area contributed by atoms with Crippen LogP contribution in [-0.4, -0.2) is 12.5 Å². The van der Waals surface area contributed by atoms with Crippen molar-refractivity contribution in [3.05, 3.63) is 64.7 Å². The lowest BCUT2D eigenvalue weighted by atomic mass is 10.1. The van der Waals surface area contributed by atoms with E-state index < -0.39 is 0 Å². The van der Waals surface area contributed by atoms with Gasteiger partial charge in [-0.1, -0.05) is 41.6 Å². The molecule has 2 rings (SSSR count). The molecule has 2 aromatic rings. The minimum Gasteiger partial charge on any atom is -0.321 e. The van der Waals surface area contributed by atoms with Crippen LogP contribution in [0.3, 0.4) is 0 Å². The van der Waals surface area contributed by atoms with Crippen LogP contribution in [0.4, 0.5) is 5.69 Å². The lowest BCUT2D eigenvalue weighted by Crippen LogP contribution is -2.12. The molecule has 3 nitrogen and oxygen atoms in total. The van der Waals surface area contributed by atoms with Gasteiger partial charge in [0.1, 0.15) is 0 Å². The van der Waals surface area contributed by atoms with E-state index in [0.29, 0.717) is 16.3 Å². The van der Waals surface area contributed by atoms with Gasteiger partial charge in [0.15, 0.2) is 0 Å². The van der Waals surface area contributed by atoms with E-state index in [-0.39, 0.29) is 12.5 Å². The second-order valence-corrected chi connectivity index (χ2v) is 4.45. The Kier molecular flexibility index (Phi) is 4.78. The van der Waals surface area contributed by atoms with Gasteiger partial charge in [0.2, 0.25) is 0 Å². The second-order valence-electron chi connectivity index (χ2n) is 4.02. The molecular weight excluding hydrogens is 272 g/mol. The SMILES string of the molecule is NCC#Cc1ccccc1NC(=O)c1cccc(Cl)c1. The van der Waals surface area contributed by atoms with Crippen LogP contribution < -0.4 is 11.1 Å². The number of hydrogen-bond acceptors (Lipinski definition) is 2. The normalized spacial score (nSPS) is 9.50. The summed E-state index contributed by atoms with van der Waals surface area (Å²) in [6.45, 7) is 0.274. The highest BCUT2D eigenvalue weighted by atomic mass is 35.5. The highest BCUT2D eigenvalue weighted by molar-refractivity contribution is 6.31. The van der Waals surface area contributed by atoms with Gasteiger partial charge in [-0.05, 0) is 30.3 Å². The van der Waals surface area contributed by atoms with E-state index in [2.05, 4.69) is 17.2 Å². The molecular formula is C16H13ClN2O. The number of rotatable bonds is 2. The van der Waals surface area contributed by atoms with Crippen molar-refractivity contribution in [2.24, 2.45) is 5.73 Å². The van der Waals surface area contributed by atoms with E-state index in [4.69, 9.17) is 17.3 Å². The lowest BCUT2D eigenvalue weighted by molar-refractivity contribution is 0.102. The number of nitrogens with one attached hydrogen (secondary N) is 1. The fraction of sp³-hybridized carbons (Fsp3) is 0.0625. The van der Waals surface area contributed by atoms with Crippen LogP contribution in [0.1, 0.15) is 15.9 Å². The van der Waals surface area contributed by atoms with Gasteiger partial charge >= 0.3 is 0 Å². The minimum atomic E-state index is -0.227. The first kappa shape index (κ1) is 14.1. The van der Waals surface area contributed by atoms with E-state index in [0.717, 1.165) is 5.56 Å². The standard InChI is InChI=1S/C16H13ClN2O/c17-14-8-3-6-13(11-14)16(20)19-15-9-2-1-5-12(15)7-4-10-18/h1-3,5-6,8-9,11H,10,18H2,(H,19,20). The molecule has 0 bridgehead atoms. The molecule has 0 spiro atoms. The van der Waals surface area contributed by atoms with Gasteiger partial charge in [0.05, 0.1) is 12.2 Å². The monoisotopic (exact) mass is 284 g/mol. The van der Waals surface area contributed by atoms with Crippen LogP contribution in [0.5, 0.6) is 0 Å². The quantitative estimate of drug-likeness (QED) is 0.833. The van der Waals surface area contributed by atoms with Gasteiger partial charge in [-0.2, -0.15) is 0 Å². The first-order valence-electron chi connectivity index (χ1n) is 6.05. The van der Waals surface area contributed by atoms with Crippen molar-refractivity contribution in [2.75, 3.05) is 11.9 Å². The van der Waals surface area contributed by atoms with Gasteiger partial charge in [-0.25, -0.2) is 0 Å². The fourth-order valence-electron chi connectivity index (χ4n) is 1.67. The van der Waals surface area contributed by atoms with Crippen molar-refractivity contribution < 1.29 is 4.79 Å². The number of carbonyl (C=O) groups is 1. The van der Waals surface area contributed by atoms with E-state index in [1.807, 2.05) is 18.2 Å². The summed E-state index contributed by atoms with van der Waals surface area (Å²) in [6.07, 6.45) is 0. The second kappa shape index (κ2) is 6.76. The number of benzene rings is 2. The van der Waals surface area contributed by atoms with Gasteiger partial charge in [-0.3, -0.25) is 4.79 Å². The number of nitrogens with two attached hydrogens (primary N) is 1. The van der Waals surface area contributed by atoms with E-state index in [1.165, 1.54) is 0 Å². The minimum absolute atomic E-state index is 0.227. The molecule has 20 heavy (non-hydrogen) atoms. The van der Waals surface area contributed by atoms with Crippen molar-refractivity contribution in [1.29, 1.82) is 0 Å². The summed E-state index contributed by atoms with van der Waals surface area (Å²) in [6, 6.07) is 14.1. The van der Waals surface area contributed by atoms with Crippen LogP contribution in [-0.2, 0) is 0 Å². The first-order valence-corrected chi connectivity index (χ1v) is 6.43. The number of para-hydroxylation sites is 1. The van der Waals surface area contributed by atoms with Gasteiger partial charge in [-0.15, -0.1) is 0 Å². The Morgan fingerprint density at radius 3 is 2.75 bits per heavy atom. The van der Waals surface area contributed by atoms with Crippen molar-refractivity contribution in [2.45, 2.75) is 0 Å². The van der Waals surface area contributed by atoms with Crippen LogP contribution in [0.25, 0.3) is 0 Å². The van der Waals surface area contributed by atoms with Crippen LogP contribution in [0.2, 0.25) is 5.02 Å². The fourth-order valence-corrected chi connectivity index (χ4v) is 1.86. The number of carbonyl (C=O) groups excluding carboxylic acids is 1. The zero-order valence-corrected chi connectivity index (χ0v) is 11.4. The maximum Gasteiger partial charge on any atom is 0.255 e. The Balaban J connectivity index is 2.24. The van der Waals surface area contributed by atoms with E-state index in [1.54, 1.807) is 30.3 Å². The Bertz CT molecular complexity index is 686. The maximum atomic E-state index is 12.1. The molecule has 0 unspecified atom stereocenters. The van der Waals surface area contributed by atoms with Crippen LogP contribution in [0.15, 0.2) is 48.5 Å². The molecule has 0 aromatic heterocycles. The molecule has 0 atom stereocenters. The molecule has 4 heteroatoms. The third-order valence-corrected chi connectivity index (χ3v) is 2.82. The summed E-state index contributed by atoms with van der Waals surface area (Å²) < 4.78 is 0. The predicted molar refractivity (Wildman–Crippen MR) is 81.8 cm³/mol. The molecule has 0 saturated heterocycles. The molecule has 1 amide bonds. The van der Waals surface area contributed by atoms with Crippen molar-refractivity contribution in [3.63, 3.8) is 0 Å². The lowest BCUT2D eigenvalue weighted by Gasteiger charge is -2.07. The van der Waals surface area contributed by atoms with Crippen LogP contribution >= 0.6 is 11.6 Å². The number of amides is 1. The molecule has 0 heterocycles. The number of halogens is 1. The van der Waals surface area contributed by atoms with Crippen LogP contribution in [0, 0.1) is 11.8 Å². The largest absolute Gasteiger partial charge is 0.321 e.